The summed E-state index contributed by atoms with van der Waals surface area (Å²) in [5, 5.41) is 7.43. The second-order valence-electron chi connectivity index (χ2n) is 7.04. The molecule has 0 spiro atoms. The van der Waals surface area contributed by atoms with Gasteiger partial charge < -0.3 is 10.2 Å². The average Bonchev–Trinajstić information content (AvgIpc) is 2.93. The molecule has 1 aliphatic rings. The normalized spacial score (nSPS) is 15.5. The minimum absolute atomic E-state index is 0.0798. The summed E-state index contributed by atoms with van der Waals surface area (Å²) in [6.45, 7) is 11.6. The van der Waals surface area contributed by atoms with Crippen molar-refractivity contribution in [1.29, 1.82) is 0 Å². The highest BCUT2D eigenvalue weighted by Crippen LogP contribution is 2.15. The van der Waals surface area contributed by atoms with E-state index in [1.807, 2.05) is 44.5 Å². The summed E-state index contributed by atoms with van der Waals surface area (Å²) < 4.78 is 1.84. The van der Waals surface area contributed by atoms with Crippen LogP contribution in [0.5, 0.6) is 0 Å². The zero-order valence-electron chi connectivity index (χ0n) is 15.9. The third-order valence-corrected chi connectivity index (χ3v) is 4.33. The first kappa shape index (κ1) is 18.3. The molecule has 8 nitrogen and oxygen atoms in total. The first-order valence-corrected chi connectivity index (χ1v) is 9.05. The maximum absolute atomic E-state index is 11.9. The van der Waals surface area contributed by atoms with Crippen LogP contribution in [0.1, 0.15) is 25.2 Å². The number of rotatable bonds is 5. The summed E-state index contributed by atoms with van der Waals surface area (Å²) in [5.74, 6) is 1.57. The minimum atomic E-state index is 0.0798. The van der Waals surface area contributed by atoms with Gasteiger partial charge in [-0.15, -0.1) is 0 Å². The number of carbonyl (C=O) groups is 1. The monoisotopic (exact) mass is 357 g/mol. The molecule has 1 N–H and O–H groups in total. The number of amides is 1. The SMILES string of the molecule is Cc1cc(C)n(-c2ccnc(N3CCN(CC(=O)NC(C)C)CC3)n2)n1. The quantitative estimate of drug-likeness (QED) is 0.857. The number of nitrogens with one attached hydrogen (secondary N) is 1. The summed E-state index contributed by atoms with van der Waals surface area (Å²) in [6, 6.07) is 4.08. The number of hydrogen-bond acceptors (Lipinski definition) is 6. The lowest BCUT2D eigenvalue weighted by Crippen LogP contribution is -2.50. The predicted octanol–water partition coefficient (Wildman–Crippen LogP) is 0.926. The Bertz CT molecular complexity index is 763. The van der Waals surface area contributed by atoms with E-state index in [1.54, 1.807) is 6.20 Å². The summed E-state index contributed by atoms with van der Waals surface area (Å²) in [4.78, 5) is 25.3. The largest absolute Gasteiger partial charge is 0.353 e. The second-order valence-corrected chi connectivity index (χ2v) is 7.04. The summed E-state index contributed by atoms with van der Waals surface area (Å²) in [5.41, 5.74) is 2.02. The molecule has 0 radical (unpaired) electrons. The van der Waals surface area contributed by atoms with Crippen LogP contribution in [0.15, 0.2) is 18.3 Å². The van der Waals surface area contributed by atoms with E-state index in [9.17, 15) is 4.79 Å². The number of aromatic nitrogens is 4. The number of carbonyl (C=O) groups excluding carboxylic acids is 1. The molecule has 0 saturated carbocycles. The maximum atomic E-state index is 11.9. The second kappa shape index (κ2) is 7.82. The molecule has 0 aliphatic carbocycles. The van der Waals surface area contributed by atoms with Crippen LogP contribution < -0.4 is 10.2 Å². The molecule has 0 atom stereocenters. The molecule has 3 heterocycles. The molecule has 0 bridgehead atoms. The third-order valence-electron chi connectivity index (χ3n) is 4.33. The van der Waals surface area contributed by atoms with Gasteiger partial charge in [0.25, 0.3) is 0 Å². The molecule has 1 saturated heterocycles. The molecule has 26 heavy (non-hydrogen) atoms. The Morgan fingerprint density at radius 1 is 1.23 bits per heavy atom. The van der Waals surface area contributed by atoms with Crippen LogP contribution in [0.4, 0.5) is 5.95 Å². The third kappa shape index (κ3) is 4.37. The Morgan fingerprint density at radius 2 is 1.96 bits per heavy atom. The van der Waals surface area contributed by atoms with Crippen molar-refractivity contribution < 1.29 is 4.79 Å². The fourth-order valence-corrected chi connectivity index (χ4v) is 3.15. The van der Waals surface area contributed by atoms with Crippen molar-refractivity contribution in [3.8, 4) is 5.82 Å². The number of hydrogen-bond donors (Lipinski definition) is 1. The number of nitrogens with zero attached hydrogens (tertiary/aromatic N) is 6. The Kier molecular flexibility index (Phi) is 5.51. The number of piperazine rings is 1. The van der Waals surface area contributed by atoms with Gasteiger partial charge in [0, 0.05) is 50.2 Å². The van der Waals surface area contributed by atoms with Crippen molar-refractivity contribution in [3.05, 3.63) is 29.7 Å². The van der Waals surface area contributed by atoms with Crippen molar-refractivity contribution in [2.45, 2.75) is 33.7 Å². The lowest BCUT2D eigenvalue weighted by atomic mass is 10.3. The van der Waals surface area contributed by atoms with Gasteiger partial charge in [0.05, 0.1) is 12.2 Å². The Labute approximate surface area is 154 Å². The highest BCUT2D eigenvalue weighted by atomic mass is 16.2. The molecule has 3 rings (SSSR count). The lowest BCUT2D eigenvalue weighted by Gasteiger charge is -2.34. The van der Waals surface area contributed by atoms with Crippen LogP contribution >= 0.6 is 0 Å². The Morgan fingerprint density at radius 3 is 2.58 bits per heavy atom. The zero-order valence-corrected chi connectivity index (χ0v) is 15.9. The molecule has 0 unspecified atom stereocenters. The predicted molar refractivity (Wildman–Crippen MR) is 101 cm³/mol. The molecule has 140 valence electrons. The smallest absolute Gasteiger partial charge is 0.234 e. The molecule has 0 aromatic carbocycles. The number of aryl methyl sites for hydroxylation is 2. The van der Waals surface area contributed by atoms with E-state index in [0.717, 1.165) is 43.4 Å². The molecule has 8 heteroatoms. The molecule has 1 fully saturated rings. The van der Waals surface area contributed by atoms with Crippen LogP contribution in [0.2, 0.25) is 0 Å². The van der Waals surface area contributed by atoms with Crippen molar-refractivity contribution in [3.63, 3.8) is 0 Å². The van der Waals surface area contributed by atoms with Gasteiger partial charge >= 0.3 is 0 Å². The molecule has 2 aromatic heterocycles. The van der Waals surface area contributed by atoms with Gasteiger partial charge in [0.15, 0.2) is 5.82 Å². The van der Waals surface area contributed by atoms with Crippen molar-refractivity contribution >= 4 is 11.9 Å². The van der Waals surface area contributed by atoms with Crippen LogP contribution in [-0.2, 0) is 4.79 Å². The van der Waals surface area contributed by atoms with Gasteiger partial charge in [-0.05, 0) is 33.8 Å². The van der Waals surface area contributed by atoms with Crippen LogP contribution in [0.3, 0.4) is 0 Å². The van der Waals surface area contributed by atoms with Gasteiger partial charge in [0.2, 0.25) is 11.9 Å². The van der Waals surface area contributed by atoms with Gasteiger partial charge in [-0.2, -0.15) is 10.1 Å². The van der Waals surface area contributed by atoms with Gasteiger partial charge in [-0.3, -0.25) is 9.69 Å². The minimum Gasteiger partial charge on any atom is -0.353 e. The summed E-state index contributed by atoms with van der Waals surface area (Å²) >= 11 is 0. The van der Waals surface area contributed by atoms with Gasteiger partial charge in [-0.25, -0.2) is 9.67 Å². The van der Waals surface area contributed by atoms with Crippen molar-refractivity contribution in [2.24, 2.45) is 0 Å². The molecule has 1 aliphatic heterocycles. The van der Waals surface area contributed by atoms with E-state index in [-0.39, 0.29) is 11.9 Å². The Balaban J connectivity index is 1.62. The van der Waals surface area contributed by atoms with Crippen LogP contribution in [-0.4, -0.2) is 69.3 Å². The zero-order chi connectivity index (χ0) is 18.7. The topological polar surface area (TPSA) is 79.2 Å². The maximum Gasteiger partial charge on any atom is 0.234 e. The highest BCUT2D eigenvalue weighted by molar-refractivity contribution is 5.78. The molecular weight excluding hydrogens is 330 g/mol. The average molecular weight is 357 g/mol. The van der Waals surface area contributed by atoms with E-state index < -0.39 is 0 Å². The summed E-state index contributed by atoms with van der Waals surface area (Å²) in [7, 11) is 0. The lowest BCUT2D eigenvalue weighted by molar-refractivity contribution is -0.122. The van der Waals surface area contributed by atoms with Gasteiger partial charge in [-0.1, -0.05) is 0 Å². The fourth-order valence-electron chi connectivity index (χ4n) is 3.15. The van der Waals surface area contributed by atoms with E-state index >= 15 is 0 Å². The van der Waals surface area contributed by atoms with Crippen molar-refractivity contribution in [1.82, 2.24) is 30.0 Å². The number of anilines is 1. The van der Waals surface area contributed by atoms with Crippen molar-refractivity contribution in [2.75, 3.05) is 37.6 Å². The first-order chi connectivity index (χ1) is 12.4. The van der Waals surface area contributed by atoms with Crippen LogP contribution in [0.25, 0.3) is 5.82 Å². The standard InChI is InChI=1S/C18H27N7O/c1-13(2)20-17(26)12-23-7-9-24(10-8-23)18-19-6-5-16(21-18)25-15(4)11-14(3)22-25/h5-6,11,13H,7-10,12H2,1-4H3,(H,20,26). The van der Waals surface area contributed by atoms with Crippen LogP contribution in [0, 0.1) is 13.8 Å². The Hall–Kier alpha value is -2.48. The van der Waals surface area contributed by atoms with E-state index in [1.165, 1.54) is 0 Å². The molecular formula is C18H27N7O. The first-order valence-electron chi connectivity index (χ1n) is 9.05. The van der Waals surface area contributed by atoms with E-state index in [2.05, 4.69) is 30.2 Å². The van der Waals surface area contributed by atoms with E-state index in [4.69, 9.17) is 0 Å². The van der Waals surface area contributed by atoms with Gasteiger partial charge in [0.1, 0.15) is 0 Å². The molecule has 1 amide bonds. The van der Waals surface area contributed by atoms with E-state index in [0.29, 0.717) is 12.5 Å². The fraction of sp³-hybridized carbons (Fsp3) is 0.556. The molecule has 2 aromatic rings. The highest BCUT2D eigenvalue weighted by Gasteiger charge is 2.21. The summed E-state index contributed by atoms with van der Waals surface area (Å²) in [6.07, 6.45) is 1.77.